The minimum Gasteiger partial charge on any atom is -0.371 e. The number of ether oxygens (including phenoxy) is 1. The van der Waals surface area contributed by atoms with Crippen molar-refractivity contribution in [3.05, 3.63) is 65.5 Å². The van der Waals surface area contributed by atoms with Gasteiger partial charge in [-0.25, -0.2) is 4.39 Å². The van der Waals surface area contributed by atoms with Gasteiger partial charge in [-0.2, -0.15) is 0 Å². The smallest absolute Gasteiger partial charge is 0.228 e. The van der Waals surface area contributed by atoms with E-state index >= 15 is 0 Å². The van der Waals surface area contributed by atoms with Crippen molar-refractivity contribution in [1.29, 1.82) is 0 Å². The van der Waals surface area contributed by atoms with Crippen LogP contribution in [0, 0.1) is 5.82 Å². The van der Waals surface area contributed by atoms with Crippen LogP contribution in [0.3, 0.4) is 0 Å². The van der Waals surface area contributed by atoms with E-state index in [4.69, 9.17) is 4.74 Å². The van der Waals surface area contributed by atoms with E-state index in [1.165, 1.54) is 6.07 Å². The Labute approximate surface area is 141 Å². The van der Waals surface area contributed by atoms with Gasteiger partial charge in [0.15, 0.2) is 0 Å². The molecule has 1 aliphatic rings. The lowest BCUT2D eigenvalue weighted by molar-refractivity contribution is -0.115. The number of anilines is 1. The molecular formula is C19H21FN2O2. The van der Waals surface area contributed by atoms with Gasteiger partial charge in [0.2, 0.25) is 5.91 Å². The second-order valence-electron chi connectivity index (χ2n) is 6.06. The first kappa shape index (κ1) is 16.6. The number of benzene rings is 2. The predicted octanol–water partition coefficient (Wildman–Crippen LogP) is 3.01. The third-order valence-electron chi connectivity index (χ3n) is 4.14. The van der Waals surface area contributed by atoms with E-state index in [1.54, 1.807) is 18.2 Å². The van der Waals surface area contributed by atoms with Gasteiger partial charge in [0.05, 0.1) is 19.1 Å². The summed E-state index contributed by atoms with van der Waals surface area (Å²) >= 11 is 0. The molecule has 1 N–H and O–H groups in total. The second kappa shape index (κ2) is 7.55. The number of nitrogens with zero attached hydrogens (tertiary/aromatic N) is 1. The highest BCUT2D eigenvalue weighted by Gasteiger charge is 2.19. The van der Waals surface area contributed by atoms with Crippen LogP contribution in [0.25, 0.3) is 0 Å². The van der Waals surface area contributed by atoms with Gasteiger partial charge >= 0.3 is 0 Å². The van der Waals surface area contributed by atoms with Crippen molar-refractivity contribution < 1.29 is 13.9 Å². The van der Waals surface area contributed by atoms with Gasteiger partial charge in [0.25, 0.3) is 0 Å². The molecule has 1 unspecified atom stereocenters. The lowest BCUT2D eigenvalue weighted by Gasteiger charge is -2.30. The zero-order valence-corrected chi connectivity index (χ0v) is 13.7. The molecule has 1 atom stereocenters. The Morgan fingerprint density at radius 1 is 1.25 bits per heavy atom. The van der Waals surface area contributed by atoms with Gasteiger partial charge in [-0.05, 0) is 36.4 Å². The van der Waals surface area contributed by atoms with Gasteiger partial charge in [0, 0.05) is 18.8 Å². The van der Waals surface area contributed by atoms with Crippen molar-refractivity contribution in [1.82, 2.24) is 4.90 Å². The van der Waals surface area contributed by atoms with Crippen LogP contribution in [0.2, 0.25) is 0 Å². The van der Waals surface area contributed by atoms with Crippen molar-refractivity contribution in [2.45, 2.75) is 12.5 Å². The fraction of sp³-hybridized carbons (Fsp3) is 0.316. The SMILES string of the molecule is CN1CCOC(c2ccc(NC(=O)Cc3ccccc3F)cc2)C1. The Morgan fingerprint density at radius 2 is 2.00 bits per heavy atom. The summed E-state index contributed by atoms with van der Waals surface area (Å²) in [4.78, 5) is 14.3. The maximum Gasteiger partial charge on any atom is 0.228 e. The van der Waals surface area contributed by atoms with Crippen LogP contribution >= 0.6 is 0 Å². The van der Waals surface area contributed by atoms with E-state index in [9.17, 15) is 9.18 Å². The second-order valence-corrected chi connectivity index (χ2v) is 6.06. The van der Waals surface area contributed by atoms with Gasteiger partial charge < -0.3 is 15.0 Å². The molecular weight excluding hydrogens is 307 g/mol. The molecule has 1 saturated heterocycles. The fourth-order valence-corrected chi connectivity index (χ4v) is 2.78. The molecule has 1 fully saturated rings. The molecule has 0 spiro atoms. The van der Waals surface area contributed by atoms with E-state index in [0.717, 1.165) is 25.3 Å². The number of likely N-dealkylation sites (N-methyl/N-ethyl adjacent to an activating group) is 1. The summed E-state index contributed by atoms with van der Waals surface area (Å²) < 4.78 is 19.4. The third kappa shape index (κ3) is 4.19. The topological polar surface area (TPSA) is 41.6 Å². The highest BCUT2D eigenvalue weighted by Crippen LogP contribution is 2.23. The van der Waals surface area contributed by atoms with Crippen molar-refractivity contribution in [3.8, 4) is 0 Å². The number of nitrogens with one attached hydrogen (secondary N) is 1. The zero-order chi connectivity index (χ0) is 16.9. The molecule has 3 rings (SSSR count). The van der Waals surface area contributed by atoms with Gasteiger partial charge in [0.1, 0.15) is 5.82 Å². The number of hydrogen-bond acceptors (Lipinski definition) is 3. The number of amides is 1. The molecule has 1 heterocycles. The first-order valence-electron chi connectivity index (χ1n) is 8.05. The maximum absolute atomic E-state index is 13.6. The molecule has 5 heteroatoms. The molecule has 0 aromatic heterocycles. The van der Waals surface area contributed by atoms with Crippen LogP contribution in [-0.4, -0.2) is 37.6 Å². The van der Waals surface area contributed by atoms with Crippen molar-refractivity contribution in [2.75, 3.05) is 32.1 Å². The Kier molecular flexibility index (Phi) is 5.23. The molecule has 0 saturated carbocycles. The lowest BCUT2D eigenvalue weighted by atomic mass is 10.1. The van der Waals surface area contributed by atoms with Crippen LogP contribution in [0.5, 0.6) is 0 Å². The molecule has 0 bridgehead atoms. The average Bonchev–Trinajstić information content (AvgIpc) is 2.58. The van der Waals surface area contributed by atoms with Crippen molar-refractivity contribution >= 4 is 11.6 Å². The Balaban J connectivity index is 1.59. The van der Waals surface area contributed by atoms with E-state index in [1.807, 2.05) is 24.3 Å². The molecule has 1 amide bonds. The average molecular weight is 328 g/mol. The Bertz CT molecular complexity index is 703. The van der Waals surface area contributed by atoms with E-state index in [2.05, 4.69) is 17.3 Å². The fourth-order valence-electron chi connectivity index (χ4n) is 2.78. The summed E-state index contributed by atoms with van der Waals surface area (Å²) in [5.41, 5.74) is 2.18. The Morgan fingerprint density at radius 3 is 2.71 bits per heavy atom. The quantitative estimate of drug-likeness (QED) is 0.938. The highest BCUT2D eigenvalue weighted by molar-refractivity contribution is 5.92. The number of halogens is 1. The minimum atomic E-state index is -0.360. The summed E-state index contributed by atoms with van der Waals surface area (Å²) in [6.45, 7) is 2.53. The molecule has 2 aromatic rings. The molecule has 1 aliphatic heterocycles. The van der Waals surface area contributed by atoms with Crippen molar-refractivity contribution in [3.63, 3.8) is 0 Å². The molecule has 0 radical (unpaired) electrons. The maximum atomic E-state index is 13.6. The van der Waals surface area contributed by atoms with Crippen molar-refractivity contribution in [2.24, 2.45) is 0 Å². The first-order chi connectivity index (χ1) is 11.6. The standard InChI is InChI=1S/C19H21FN2O2/c1-22-10-11-24-18(13-22)14-6-8-16(9-7-14)21-19(23)12-15-4-2-3-5-17(15)20/h2-9,18H,10-13H2,1H3,(H,21,23). The lowest BCUT2D eigenvalue weighted by Crippen LogP contribution is -2.35. The number of morpholine rings is 1. The Hall–Kier alpha value is -2.24. The monoisotopic (exact) mass is 328 g/mol. The van der Waals surface area contributed by atoms with Crippen LogP contribution in [-0.2, 0) is 16.0 Å². The first-order valence-corrected chi connectivity index (χ1v) is 8.05. The molecule has 4 nitrogen and oxygen atoms in total. The summed E-state index contributed by atoms with van der Waals surface area (Å²) in [6.07, 6.45) is 0.0808. The number of carbonyl (C=O) groups excluding carboxylic acids is 1. The van der Waals surface area contributed by atoms with Crippen LogP contribution in [0.15, 0.2) is 48.5 Å². The number of carbonyl (C=O) groups is 1. The molecule has 126 valence electrons. The third-order valence-corrected chi connectivity index (χ3v) is 4.14. The van der Waals surface area contributed by atoms with E-state index in [0.29, 0.717) is 11.3 Å². The molecule has 0 aliphatic carbocycles. The van der Waals surface area contributed by atoms with Crippen LogP contribution in [0.1, 0.15) is 17.2 Å². The summed E-state index contributed by atoms with van der Waals surface area (Å²) in [5, 5.41) is 2.80. The highest BCUT2D eigenvalue weighted by atomic mass is 19.1. The normalized spacial score (nSPS) is 18.3. The van der Waals surface area contributed by atoms with Gasteiger partial charge in [-0.3, -0.25) is 4.79 Å². The summed E-state index contributed by atoms with van der Waals surface area (Å²) in [7, 11) is 2.08. The van der Waals surface area contributed by atoms with Gasteiger partial charge in [-0.1, -0.05) is 30.3 Å². The molecule has 24 heavy (non-hydrogen) atoms. The molecule has 2 aromatic carbocycles. The predicted molar refractivity (Wildman–Crippen MR) is 91.4 cm³/mol. The number of rotatable bonds is 4. The van der Waals surface area contributed by atoms with Crippen LogP contribution < -0.4 is 5.32 Å². The minimum absolute atomic E-state index is 0.0188. The summed E-state index contributed by atoms with van der Waals surface area (Å²) in [6, 6.07) is 13.9. The van der Waals surface area contributed by atoms with Gasteiger partial charge in [-0.15, -0.1) is 0 Å². The largest absolute Gasteiger partial charge is 0.371 e. The van der Waals surface area contributed by atoms with E-state index < -0.39 is 0 Å². The number of hydrogen-bond donors (Lipinski definition) is 1. The summed E-state index contributed by atoms with van der Waals surface area (Å²) in [5.74, 6) is -0.594. The van der Waals surface area contributed by atoms with E-state index in [-0.39, 0.29) is 24.2 Å². The van der Waals surface area contributed by atoms with Crippen LogP contribution in [0.4, 0.5) is 10.1 Å². The zero-order valence-electron chi connectivity index (χ0n) is 13.7.